The highest BCUT2D eigenvalue weighted by Crippen LogP contribution is 2.24. The SMILES string of the molecule is COc1cc(CN2CCN(C(=O)C(N)c3ccc(C)cc3)CC2)cc(OC)c1.Cl.Cl. The van der Waals surface area contributed by atoms with Crippen LogP contribution in [-0.2, 0) is 11.3 Å². The third-order valence-electron chi connectivity index (χ3n) is 5.20. The van der Waals surface area contributed by atoms with Crippen molar-refractivity contribution in [1.82, 2.24) is 9.80 Å². The van der Waals surface area contributed by atoms with Gasteiger partial charge in [0.05, 0.1) is 14.2 Å². The summed E-state index contributed by atoms with van der Waals surface area (Å²) in [6, 6.07) is 13.2. The molecule has 1 aliphatic rings. The number of hydrogen-bond donors (Lipinski definition) is 1. The Morgan fingerprint density at radius 1 is 0.967 bits per heavy atom. The molecule has 1 amide bonds. The monoisotopic (exact) mass is 455 g/mol. The molecule has 2 aromatic rings. The zero-order chi connectivity index (χ0) is 20.1. The van der Waals surface area contributed by atoms with Gasteiger partial charge in [0.15, 0.2) is 0 Å². The fourth-order valence-corrected chi connectivity index (χ4v) is 3.46. The summed E-state index contributed by atoms with van der Waals surface area (Å²) in [4.78, 5) is 17.0. The van der Waals surface area contributed by atoms with Gasteiger partial charge in [0, 0.05) is 38.8 Å². The molecule has 8 heteroatoms. The summed E-state index contributed by atoms with van der Waals surface area (Å²) >= 11 is 0. The number of methoxy groups -OCH3 is 2. The molecular formula is C22H31Cl2N3O3. The second kappa shape index (κ2) is 12.0. The van der Waals surface area contributed by atoms with Crippen LogP contribution in [0.1, 0.15) is 22.7 Å². The van der Waals surface area contributed by atoms with Gasteiger partial charge in [-0.25, -0.2) is 0 Å². The normalized spacial score (nSPS) is 14.9. The van der Waals surface area contributed by atoms with Gasteiger partial charge < -0.3 is 20.1 Å². The minimum Gasteiger partial charge on any atom is -0.497 e. The van der Waals surface area contributed by atoms with Crippen LogP contribution in [0.2, 0.25) is 0 Å². The lowest BCUT2D eigenvalue weighted by molar-refractivity contribution is -0.134. The fraction of sp³-hybridized carbons (Fsp3) is 0.409. The maximum atomic E-state index is 12.8. The van der Waals surface area contributed by atoms with Gasteiger partial charge in [-0.3, -0.25) is 9.69 Å². The van der Waals surface area contributed by atoms with Crippen LogP contribution in [0.4, 0.5) is 0 Å². The molecule has 1 aliphatic heterocycles. The number of aryl methyl sites for hydroxylation is 1. The highest BCUT2D eigenvalue weighted by molar-refractivity contribution is 5.85. The topological polar surface area (TPSA) is 68.0 Å². The number of carbonyl (C=O) groups is 1. The molecule has 0 spiro atoms. The number of rotatable bonds is 6. The minimum atomic E-state index is -0.602. The Morgan fingerprint density at radius 3 is 2.00 bits per heavy atom. The Hall–Kier alpha value is -1.99. The zero-order valence-electron chi connectivity index (χ0n) is 17.7. The Morgan fingerprint density at radius 2 is 1.50 bits per heavy atom. The molecule has 0 aromatic heterocycles. The second-order valence-electron chi connectivity index (χ2n) is 7.21. The van der Waals surface area contributed by atoms with Crippen molar-refractivity contribution in [3.63, 3.8) is 0 Å². The van der Waals surface area contributed by atoms with E-state index in [-0.39, 0.29) is 30.7 Å². The van der Waals surface area contributed by atoms with Crippen LogP contribution in [0.15, 0.2) is 42.5 Å². The van der Waals surface area contributed by atoms with E-state index in [9.17, 15) is 4.79 Å². The Balaban J connectivity index is 0.00000225. The molecule has 3 rings (SSSR count). The van der Waals surface area contributed by atoms with Crippen molar-refractivity contribution in [2.75, 3.05) is 40.4 Å². The van der Waals surface area contributed by atoms with Crippen LogP contribution in [-0.4, -0.2) is 56.1 Å². The molecule has 0 bridgehead atoms. The first-order chi connectivity index (χ1) is 13.5. The predicted molar refractivity (Wildman–Crippen MR) is 124 cm³/mol. The molecule has 1 unspecified atom stereocenters. The highest BCUT2D eigenvalue weighted by Gasteiger charge is 2.26. The van der Waals surface area contributed by atoms with Crippen LogP contribution in [0.5, 0.6) is 11.5 Å². The maximum absolute atomic E-state index is 12.8. The Kier molecular flexibility index (Phi) is 10.4. The van der Waals surface area contributed by atoms with Crippen LogP contribution < -0.4 is 15.2 Å². The number of ether oxygens (including phenoxy) is 2. The van der Waals surface area contributed by atoms with Crippen LogP contribution in [0.3, 0.4) is 0 Å². The summed E-state index contributed by atoms with van der Waals surface area (Å²) in [5.41, 5.74) is 9.36. The number of halogens is 2. The lowest BCUT2D eigenvalue weighted by Gasteiger charge is -2.36. The number of nitrogens with two attached hydrogens (primary N) is 1. The molecule has 2 aromatic carbocycles. The number of carbonyl (C=O) groups excluding carboxylic acids is 1. The average Bonchev–Trinajstić information content (AvgIpc) is 2.73. The van der Waals surface area contributed by atoms with Gasteiger partial charge in [-0.15, -0.1) is 24.8 Å². The second-order valence-corrected chi connectivity index (χ2v) is 7.21. The molecular weight excluding hydrogens is 425 g/mol. The van der Waals surface area contributed by atoms with E-state index in [0.29, 0.717) is 13.1 Å². The Labute approximate surface area is 191 Å². The first kappa shape index (κ1) is 26.0. The van der Waals surface area contributed by atoms with E-state index in [1.54, 1.807) is 14.2 Å². The van der Waals surface area contributed by atoms with Crippen LogP contribution >= 0.6 is 24.8 Å². The lowest BCUT2D eigenvalue weighted by Crippen LogP contribution is -2.50. The van der Waals surface area contributed by atoms with Crippen molar-refractivity contribution in [1.29, 1.82) is 0 Å². The Bertz CT molecular complexity index is 788. The van der Waals surface area contributed by atoms with E-state index in [1.807, 2.05) is 54.3 Å². The number of piperazine rings is 1. The van der Waals surface area contributed by atoms with Crippen LogP contribution in [0.25, 0.3) is 0 Å². The average molecular weight is 456 g/mol. The molecule has 1 fully saturated rings. The maximum Gasteiger partial charge on any atom is 0.244 e. The summed E-state index contributed by atoms with van der Waals surface area (Å²) in [5, 5.41) is 0. The van der Waals surface area contributed by atoms with Gasteiger partial charge in [0.25, 0.3) is 0 Å². The standard InChI is InChI=1S/C22H29N3O3.2ClH/c1-16-4-6-18(7-5-16)21(23)22(26)25-10-8-24(9-11-25)15-17-12-19(27-2)14-20(13-17)28-3;;/h4-7,12-14,21H,8-11,15,23H2,1-3H3;2*1H. The number of hydrogen-bond acceptors (Lipinski definition) is 5. The first-order valence-corrected chi connectivity index (χ1v) is 9.55. The number of amides is 1. The molecule has 166 valence electrons. The van der Waals surface area contributed by atoms with Crippen molar-refractivity contribution in [3.05, 3.63) is 59.2 Å². The van der Waals surface area contributed by atoms with E-state index < -0.39 is 6.04 Å². The number of nitrogens with zero attached hydrogens (tertiary/aromatic N) is 2. The van der Waals surface area contributed by atoms with E-state index in [1.165, 1.54) is 0 Å². The molecule has 1 saturated heterocycles. The van der Waals surface area contributed by atoms with Crippen molar-refractivity contribution < 1.29 is 14.3 Å². The van der Waals surface area contributed by atoms with Crippen molar-refractivity contribution in [3.8, 4) is 11.5 Å². The van der Waals surface area contributed by atoms with Gasteiger partial charge in [0.2, 0.25) is 5.91 Å². The minimum absolute atomic E-state index is 0. The summed E-state index contributed by atoms with van der Waals surface area (Å²) in [6.45, 7) is 5.80. The lowest BCUT2D eigenvalue weighted by atomic mass is 10.0. The van der Waals surface area contributed by atoms with Gasteiger partial charge in [-0.05, 0) is 30.2 Å². The van der Waals surface area contributed by atoms with Gasteiger partial charge in [0.1, 0.15) is 17.5 Å². The smallest absolute Gasteiger partial charge is 0.244 e. The fourth-order valence-electron chi connectivity index (χ4n) is 3.46. The largest absolute Gasteiger partial charge is 0.497 e. The van der Waals surface area contributed by atoms with E-state index in [2.05, 4.69) is 4.90 Å². The third kappa shape index (κ3) is 6.51. The summed E-state index contributed by atoms with van der Waals surface area (Å²) in [7, 11) is 3.31. The zero-order valence-corrected chi connectivity index (χ0v) is 19.3. The van der Waals surface area contributed by atoms with Gasteiger partial charge in [-0.2, -0.15) is 0 Å². The number of benzene rings is 2. The van der Waals surface area contributed by atoms with Gasteiger partial charge >= 0.3 is 0 Å². The van der Waals surface area contributed by atoms with Crippen molar-refractivity contribution >= 4 is 30.7 Å². The van der Waals surface area contributed by atoms with E-state index in [0.717, 1.165) is 47.8 Å². The molecule has 6 nitrogen and oxygen atoms in total. The first-order valence-electron chi connectivity index (χ1n) is 9.55. The van der Waals surface area contributed by atoms with Crippen molar-refractivity contribution in [2.24, 2.45) is 5.73 Å². The third-order valence-corrected chi connectivity index (χ3v) is 5.20. The molecule has 1 atom stereocenters. The van der Waals surface area contributed by atoms with Crippen molar-refractivity contribution in [2.45, 2.75) is 19.5 Å². The molecule has 0 saturated carbocycles. The molecule has 1 heterocycles. The van der Waals surface area contributed by atoms with Gasteiger partial charge in [-0.1, -0.05) is 29.8 Å². The summed E-state index contributed by atoms with van der Waals surface area (Å²) in [6.07, 6.45) is 0. The van der Waals surface area contributed by atoms with Crippen LogP contribution in [0, 0.1) is 6.92 Å². The quantitative estimate of drug-likeness (QED) is 0.723. The molecule has 30 heavy (non-hydrogen) atoms. The predicted octanol–water partition coefficient (Wildman–Crippen LogP) is 3.20. The van der Waals surface area contributed by atoms with E-state index >= 15 is 0 Å². The molecule has 0 aliphatic carbocycles. The molecule has 2 N–H and O–H groups in total. The summed E-state index contributed by atoms with van der Waals surface area (Å²) in [5.74, 6) is 1.56. The molecule has 0 radical (unpaired) electrons. The highest BCUT2D eigenvalue weighted by atomic mass is 35.5. The summed E-state index contributed by atoms with van der Waals surface area (Å²) < 4.78 is 10.7. The van der Waals surface area contributed by atoms with E-state index in [4.69, 9.17) is 15.2 Å².